The van der Waals surface area contributed by atoms with Gasteiger partial charge in [0.2, 0.25) is 0 Å². The number of benzene rings is 1. The van der Waals surface area contributed by atoms with Gasteiger partial charge in [-0.15, -0.1) is 0 Å². The van der Waals surface area contributed by atoms with E-state index in [9.17, 15) is 4.39 Å². The van der Waals surface area contributed by atoms with Gasteiger partial charge < -0.3 is 10.1 Å². The monoisotopic (exact) mass is 384 g/mol. The number of hydrogen-bond acceptors (Lipinski definition) is 3. The summed E-state index contributed by atoms with van der Waals surface area (Å²) in [7, 11) is 0. The molecule has 2 aliphatic rings. The Bertz CT molecular complexity index is 514. The van der Waals surface area contributed by atoms with Gasteiger partial charge in [-0.1, -0.05) is 12.5 Å². The summed E-state index contributed by atoms with van der Waals surface area (Å²) in [6, 6.07) is 5.24. The summed E-state index contributed by atoms with van der Waals surface area (Å²) in [4.78, 5) is 2.69. The van der Waals surface area contributed by atoms with Gasteiger partial charge in [0, 0.05) is 31.8 Å². The van der Waals surface area contributed by atoms with Gasteiger partial charge in [0.05, 0.1) is 4.47 Å². The fourth-order valence-corrected chi connectivity index (χ4v) is 4.24. The Kier molecular flexibility index (Phi) is 6.07. The van der Waals surface area contributed by atoms with Crippen molar-refractivity contribution >= 4 is 15.9 Å². The molecule has 5 heteroatoms. The second-order valence-corrected chi connectivity index (χ2v) is 7.59. The SMILES string of the molecule is Fc1ccc(CNCC2(N3CCCCC3)CCOCC2)cc1Br. The molecule has 0 bridgehead atoms. The molecule has 3 nitrogen and oxygen atoms in total. The quantitative estimate of drug-likeness (QED) is 0.837. The highest BCUT2D eigenvalue weighted by molar-refractivity contribution is 9.10. The zero-order valence-electron chi connectivity index (χ0n) is 13.6. The van der Waals surface area contributed by atoms with Crippen LogP contribution in [0.2, 0.25) is 0 Å². The van der Waals surface area contributed by atoms with Crippen molar-refractivity contribution in [1.82, 2.24) is 10.2 Å². The lowest BCUT2D eigenvalue weighted by Gasteiger charge is -2.48. The molecule has 2 aliphatic heterocycles. The Balaban J connectivity index is 1.60. The van der Waals surface area contributed by atoms with Crippen LogP contribution in [0, 0.1) is 5.82 Å². The highest BCUT2D eigenvalue weighted by atomic mass is 79.9. The van der Waals surface area contributed by atoms with Crippen LogP contribution in [0.4, 0.5) is 4.39 Å². The first-order chi connectivity index (χ1) is 11.2. The van der Waals surface area contributed by atoms with Crippen molar-refractivity contribution in [2.45, 2.75) is 44.2 Å². The number of rotatable bonds is 5. The van der Waals surface area contributed by atoms with Gasteiger partial charge in [-0.25, -0.2) is 4.39 Å². The number of hydrogen-bond donors (Lipinski definition) is 1. The van der Waals surface area contributed by atoms with E-state index in [1.807, 2.05) is 12.1 Å². The average molecular weight is 385 g/mol. The van der Waals surface area contributed by atoms with Crippen LogP contribution < -0.4 is 5.32 Å². The van der Waals surface area contributed by atoms with E-state index in [0.29, 0.717) is 4.47 Å². The van der Waals surface area contributed by atoms with Crippen LogP contribution in [-0.2, 0) is 11.3 Å². The van der Waals surface area contributed by atoms with E-state index in [0.717, 1.165) is 44.7 Å². The van der Waals surface area contributed by atoms with Crippen LogP contribution in [0.3, 0.4) is 0 Å². The van der Waals surface area contributed by atoms with Gasteiger partial charge >= 0.3 is 0 Å². The average Bonchev–Trinajstić information content (AvgIpc) is 2.60. The zero-order valence-corrected chi connectivity index (χ0v) is 15.2. The molecule has 1 aromatic rings. The summed E-state index contributed by atoms with van der Waals surface area (Å²) >= 11 is 3.26. The Morgan fingerprint density at radius 2 is 1.91 bits per heavy atom. The van der Waals surface area contributed by atoms with Crippen LogP contribution in [0.5, 0.6) is 0 Å². The minimum Gasteiger partial charge on any atom is -0.381 e. The van der Waals surface area contributed by atoms with Crippen molar-refractivity contribution in [2.75, 3.05) is 32.8 Å². The second kappa shape index (κ2) is 8.06. The Morgan fingerprint density at radius 3 is 2.61 bits per heavy atom. The second-order valence-electron chi connectivity index (χ2n) is 6.74. The number of likely N-dealkylation sites (tertiary alicyclic amines) is 1. The van der Waals surface area contributed by atoms with E-state index in [-0.39, 0.29) is 11.4 Å². The topological polar surface area (TPSA) is 24.5 Å². The molecule has 2 fully saturated rings. The number of ether oxygens (including phenoxy) is 1. The summed E-state index contributed by atoms with van der Waals surface area (Å²) < 4.78 is 19.5. The lowest BCUT2D eigenvalue weighted by Crippen LogP contribution is -2.59. The molecule has 0 amide bonds. The summed E-state index contributed by atoms with van der Waals surface area (Å²) in [5.74, 6) is -0.206. The van der Waals surface area contributed by atoms with E-state index in [2.05, 4.69) is 26.1 Å². The predicted molar refractivity (Wildman–Crippen MR) is 94.0 cm³/mol. The van der Waals surface area contributed by atoms with E-state index < -0.39 is 0 Å². The van der Waals surface area contributed by atoms with Crippen molar-refractivity contribution in [3.05, 3.63) is 34.1 Å². The third-order valence-electron chi connectivity index (χ3n) is 5.22. The van der Waals surface area contributed by atoms with Crippen molar-refractivity contribution in [1.29, 1.82) is 0 Å². The molecule has 128 valence electrons. The third-order valence-corrected chi connectivity index (χ3v) is 5.83. The van der Waals surface area contributed by atoms with Gasteiger partial charge in [-0.3, -0.25) is 4.90 Å². The predicted octanol–water partition coefficient (Wildman–Crippen LogP) is 3.71. The van der Waals surface area contributed by atoms with Crippen molar-refractivity contribution in [3.8, 4) is 0 Å². The number of nitrogens with one attached hydrogen (secondary N) is 1. The van der Waals surface area contributed by atoms with Gasteiger partial charge in [0.15, 0.2) is 0 Å². The molecule has 0 unspecified atom stereocenters. The van der Waals surface area contributed by atoms with Gasteiger partial charge in [-0.2, -0.15) is 0 Å². The van der Waals surface area contributed by atoms with Crippen molar-refractivity contribution in [3.63, 3.8) is 0 Å². The number of halogens is 2. The molecule has 1 aromatic carbocycles. The van der Waals surface area contributed by atoms with E-state index >= 15 is 0 Å². The third kappa shape index (κ3) is 4.32. The smallest absolute Gasteiger partial charge is 0.137 e. The maximum absolute atomic E-state index is 13.3. The van der Waals surface area contributed by atoms with Crippen LogP contribution in [-0.4, -0.2) is 43.3 Å². The zero-order chi connectivity index (χ0) is 16.1. The van der Waals surface area contributed by atoms with Crippen LogP contribution in [0.15, 0.2) is 22.7 Å². The molecule has 1 N–H and O–H groups in total. The van der Waals surface area contributed by atoms with E-state index in [1.165, 1.54) is 38.4 Å². The molecule has 2 heterocycles. The van der Waals surface area contributed by atoms with Gasteiger partial charge in [0.1, 0.15) is 5.82 Å². The fraction of sp³-hybridized carbons (Fsp3) is 0.667. The largest absolute Gasteiger partial charge is 0.381 e. The molecule has 0 aliphatic carbocycles. The highest BCUT2D eigenvalue weighted by Crippen LogP contribution is 2.30. The minimum absolute atomic E-state index is 0.206. The molecule has 23 heavy (non-hydrogen) atoms. The summed E-state index contributed by atoms with van der Waals surface area (Å²) in [6.07, 6.45) is 6.20. The molecule has 0 atom stereocenters. The van der Waals surface area contributed by atoms with Crippen molar-refractivity contribution < 1.29 is 9.13 Å². The summed E-state index contributed by atoms with van der Waals surface area (Å²) in [5, 5.41) is 3.62. The summed E-state index contributed by atoms with van der Waals surface area (Å²) in [6.45, 7) is 5.90. The Hall–Kier alpha value is -0.490. The van der Waals surface area contributed by atoms with E-state index in [4.69, 9.17) is 4.74 Å². The lowest BCUT2D eigenvalue weighted by molar-refractivity contribution is -0.0358. The first-order valence-electron chi connectivity index (χ1n) is 8.67. The van der Waals surface area contributed by atoms with Crippen LogP contribution in [0.1, 0.15) is 37.7 Å². The molecule has 3 rings (SSSR count). The Morgan fingerprint density at radius 1 is 1.17 bits per heavy atom. The maximum Gasteiger partial charge on any atom is 0.137 e. The Labute approximate surface area is 146 Å². The summed E-state index contributed by atoms with van der Waals surface area (Å²) in [5.41, 5.74) is 1.34. The normalized spacial score (nSPS) is 22.2. The molecule has 2 saturated heterocycles. The maximum atomic E-state index is 13.3. The molecule has 0 aromatic heterocycles. The minimum atomic E-state index is -0.206. The van der Waals surface area contributed by atoms with Crippen LogP contribution >= 0.6 is 15.9 Å². The molecule has 0 spiro atoms. The first-order valence-corrected chi connectivity index (χ1v) is 9.46. The standard InChI is InChI=1S/C18H26BrFN2O/c19-16-12-15(4-5-17(16)20)13-21-14-18(6-10-23-11-7-18)22-8-2-1-3-9-22/h4-5,12,21H,1-3,6-11,13-14H2. The van der Waals surface area contributed by atoms with E-state index in [1.54, 1.807) is 0 Å². The van der Waals surface area contributed by atoms with Gasteiger partial charge in [0.25, 0.3) is 0 Å². The van der Waals surface area contributed by atoms with Gasteiger partial charge in [-0.05, 0) is 72.4 Å². The molecular formula is C18H26BrFN2O. The van der Waals surface area contributed by atoms with Crippen molar-refractivity contribution in [2.24, 2.45) is 0 Å². The molecule has 0 radical (unpaired) electrons. The number of nitrogens with zero attached hydrogens (tertiary/aromatic N) is 1. The molecular weight excluding hydrogens is 359 g/mol. The fourth-order valence-electron chi connectivity index (χ4n) is 3.81. The number of piperidine rings is 1. The molecule has 0 saturated carbocycles. The highest BCUT2D eigenvalue weighted by Gasteiger charge is 2.38. The first kappa shape index (κ1) is 17.3. The lowest BCUT2D eigenvalue weighted by atomic mass is 9.86. The van der Waals surface area contributed by atoms with Crippen LogP contribution in [0.25, 0.3) is 0 Å².